The first kappa shape index (κ1) is 17.7. The monoisotopic (exact) mass is 363 g/mol. The first-order chi connectivity index (χ1) is 13.1. The number of hydrogen-bond acceptors (Lipinski definition) is 4. The van der Waals surface area contributed by atoms with Crippen molar-refractivity contribution in [3.63, 3.8) is 0 Å². The summed E-state index contributed by atoms with van der Waals surface area (Å²) in [6.07, 6.45) is 5.66. The Morgan fingerprint density at radius 1 is 1.26 bits per heavy atom. The van der Waals surface area contributed by atoms with Crippen molar-refractivity contribution in [1.29, 1.82) is 5.26 Å². The maximum atomic E-state index is 12.9. The van der Waals surface area contributed by atoms with E-state index >= 15 is 0 Å². The Labute approximate surface area is 160 Å². The van der Waals surface area contributed by atoms with E-state index in [1.54, 1.807) is 24.5 Å². The molecule has 6 nitrogen and oxygen atoms in total. The fraction of sp³-hybridized carbons (Fsp3) is 0.476. The second-order valence-corrected chi connectivity index (χ2v) is 7.78. The molecular weight excluding hydrogens is 338 g/mol. The van der Waals surface area contributed by atoms with Gasteiger partial charge in [0.1, 0.15) is 11.8 Å². The van der Waals surface area contributed by atoms with E-state index in [0.29, 0.717) is 17.7 Å². The Morgan fingerprint density at radius 3 is 2.74 bits per heavy atom. The van der Waals surface area contributed by atoms with E-state index < -0.39 is 0 Å². The van der Waals surface area contributed by atoms with Gasteiger partial charge >= 0.3 is 0 Å². The lowest BCUT2D eigenvalue weighted by atomic mass is 9.94. The van der Waals surface area contributed by atoms with Gasteiger partial charge in [0, 0.05) is 62.9 Å². The van der Waals surface area contributed by atoms with Gasteiger partial charge in [-0.15, -0.1) is 0 Å². The van der Waals surface area contributed by atoms with Gasteiger partial charge in [0.05, 0.1) is 0 Å². The van der Waals surface area contributed by atoms with Crippen LogP contribution in [0.1, 0.15) is 40.2 Å². The highest BCUT2D eigenvalue weighted by atomic mass is 16.2. The van der Waals surface area contributed by atoms with Gasteiger partial charge in [-0.2, -0.15) is 5.26 Å². The number of piperidine rings is 1. The summed E-state index contributed by atoms with van der Waals surface area (Å²) in [6.45, 7) is 5.53. The summed E-state index contributed by atoms with van der Waals surface area (Å²) < 4.78 is 1.96. The van der Waals surface area contributed by atoms with Crippen molar-refractivity contribution >= 4 is 5.91 Å². The van der Waals surface area contributed by atoms with Crippen molar-refractivity contribution in [1.82, 2.24) is 19.4 Å². The van der Waals surface area contributed by atoms with Gasteiger partial charge in [0.25, 0.3) is 5.91 Å². The molecule has 2 aromatic heterocycles. The molecule has 6 heteroatoms. The zero-order valence-corrected chi connectivity index (χ0v) is 15.9. The summed E-state index contributed by atoms with van der Waals surface area (Å²) in [4.78, 5) is 21.5. The van der Waals surface area contributed by atoms with E-state index in [9.17, 15) is 10.1 Å². The Balaban J connectivity index is 1.52. The summed E-state index contributed by atoms with van der Waals surface area (Å²) in [7, 11) is 1.95. The second kappa shape index (κ2) is 7.16. The van der Waals surface area contributed by atoms with Crippen molar-refractivity contribution in [3.8, 4) is 6.07 Å². The van der Waals surface area contributed by atoms with Gasteiger partial charge in [-0.25, -0.2) is 0 Å². The average molecular weight is 363 g/mol. The van der Waals surface area contributed by atoms with Crippen molar-refractivity contribution in [2.75, 3.05) is 19.6 Å². The Morgan fingerprint density at radius 2 is 2.04 bits per heavy atom. The molecule has 3 aliphatic rings. The minimum atomic E-state index is 0.110. The number of amides is 1. The largest absolute Gasteiger partial charge is 0.340 e. The molecule has 3 saturated heterocycles. The molecule has 2 atom stereocenters. The number of aromatic nitrogens is 2. The molecule has 0 spiro atoms. The minimum Gasteiger partial charge on any atom is -0.340 e. The Bertz CT molecular complexity index is 882. The molecule has 5 rings (SSSR count). The smallest absolute Gasteiger partial charge is 0.254 e. The van der Waals surface area contributed by atoms with Gasteiger partial charge in [-0.1, -0.05) is 0 Å². The quantitative estimate of drug-likeness (QED) is 0.840. The molecule has 5 heterocycles. The molecule has 1 amide bonds. The molecule has 3 fully saturated rings. The fourth-order valence-corrected chi connectivity index (χ4v) is 4.46. The van der Waals surface area contributed by atoms with Crippen LogP contribution in [0.25, 0.3) is 0 Å². The maximum Gasteiger partial charge on any atom is 0.254 e. The van der Waals surface area contributed by atoms with Crippen LogP contribution < -0.4 is 0 Å². The second-order valence-electron chi connectivity index (χ2n) is 7.78. The van der Waals surface area contributed by atoms with Crippen molar-refractivity contribution < 1.29 is 4.79 Å². The van der Waals surface area contributed by atoms with Crippen LogP contribution in [0.15, 0.2) is 30.6 Å². The molecule has 2 aromatic rings. The van der Waals surface area contributed by atoms with Crippen LogP contribution in [-0.2, 0) is 13.6 Å². The lowest BCUT2D eigenvalue weighted by molar-refractivity contribution is 0.0735. The van der Waals surface area contributed by atoms with Gasteiger partial charge in [-0.05, 0) is 49.4 Å². The van der Waals surface area contributed by atoms with Gasteiger partial charge in [0.15, 0.2) is 0 Å². The third-order valence-electron chi connectivity index (χ3n) is 6.17. The number of fused-ring (bicyclic) bond motifs is 4. The predicted octanol–water partition coefficient (Wildman–Crippen LogP) is 2.34. The van der Waals surface area contributed by atoms with E-state index in [2.05, 4.69) is 22.9 Å². The molecule has 0 saturated carbocycles. The number of nitriles is 1. The lowest BCUT2D eigenvalue weighted by Gasteiger charge is -2.36. The van der Waals surface area contributed by atoms with Crippen molar-refractivity contribution in [2.24, 2.45) is 13.0 Å². The number of rotatable bonds is 3. The first-order valence-electron chi connectivity index (χ1n) is 9.55. The zero-order valence-electron chi connectivity index (χ0n) is 15.9. The van der Waals surface area contributed by atoms with E-state index in [0.717, 1.165) is 43.9 Å². The van der Waals surface area contributed by atoms with Crippen molar-refractivity contribution in [3.05, 3.63) is 53.1 Å². The predicted molar refractivity (Wildman–Crippen MR) is 102 cm³/mol. The summed E-state index contributed by atoms with van der Waals surface area (Å²) in [5.41, 5.74) is 3.79. The third-order valence-corrected chi connectivity index (χ3v) is 6.17. The zero-order chi connectivity index (χ0) is 19.0. The van der Waals surface area contributed by atoms with Gasteiger partial charge in [0.2, 0.25) is 0 Å². The molecule has 0 aromatic carbocycles. The number of carbonyl (C=O) groups excluding carboxylic acids is 1. The Hall–Kier alpha value is -2.65. The van der Waals surface area contributed by atoms with E-state index in [1.165, 1.54) is 12.0 Å². The van der Waals surface area contributed by atoms with Crippen LogP contribution in [-0.4, -0.2) is 50.9 Å². The molecule has 0 N–H and O–H groups in total. The average Bonchev–Trinajstić information content (AvgIpc) is 2.88. The molecule has 0 radical (unpaired) electrons. The summed E-state index contributed by atoms with van der Waals surface area (Å²) in [6, 6.07) is 8.24. The first-order valence-corrected chi connectivity index (χ1v) is 9.55. The Kier molecular flexibility index (Phi) is 4.71. The highest BCUT2D eigenvalue weighted by molar-refractivity contribution is 5.94. The van der Waals surface area contributed by atoms with Crippen molar-refractivity contribution in [2.45, 2.75) is 32.4 Å². The summed E-state index contributed by atoms with van der Waals surface area (Å²) in [5.74, 6) is 0.618. The summed E-state index contributed by atoms with van der Waals surface area (Å²) >= 11 is 0. The van der Waals surface area contributed by atoms with Crippen LogP contribution in [0.5, 0.6) is 0 Å². The number of hydrogen-bond donors (Lipinski definition) is 0. The molecule has 27 heavy (non-hydrogen) atoms. The highest BCUT2D eigenvalue weighted by Crippen LogP contribution is 2.30. The molecule has 0 unspecified atom stereocenters. The minimum absolute atomic E-state index is 0.110. The number of nitrogens with zero attached hydrogens (tertiary/aromatic N) is 5. The maximum absolute atomic E-state index is 12.9. The van der Waals surface area contributed by atoms with E-state index in [-0.39, 0.29) is 5.91 Å². The highest BCUT2D eigenvalue weighted by Gasteiger charge is 2.36. The van der Waals surface area contributed by atoms with Crippen LogP contribution >= 0.6 is 0 Å². The summed E-state index contributed by atoms with van der Waals surface area (Å²) in [5, 5.41) is 9.28. The molecule has 140 valence electrons. The standard InChI is InChI=1S/C21H25N5O/c1-15-18(9-20(10-22)24(15)2)13-25-11-16-3-4-19(25)14-26(12-16)21(27)17-5-7-23-8-6-17/h5-9,16,19H,3-4,11-14H2,1-2H3/t16-,19-/m1/s1. The number of pyridine rings is 1. The fourth-order valence-electron chi connectivity index (χ4n) is 4.46. The molecule has 2 bridgehead atoms. The van der Waals surface area contributed by atoms with Crippen LogP contribution in [0.4, 0.5) is 0 Å². The van der Waals surface area contributed by atoms with Crippen LogP contribution in [0.2, 0.25) is 0 Å². The SMILES string of the molecule is Cc1c(CN2C[C@H]3CC[C@@H]2CN(C(=O)c2ccncc2)C3)cc(C#N)n1C. The normalized spacial score (nSPS) is 22.5. The van der Waals surface area contributed by atoms with Gasteiger partial charge in [-0.3, -0.25) is 14.7 Å². The number of carbonyl (C=O) groups is 1. The molecule has 0 aliphatic carbocycles. The lowest BCUT2D eigenvalue weighted by Crippen LogP contribution is -2.44. The third kappa shape index (κ3) is 3.35. The topological polar surface area (TPSA) is 65.2 Å². The van der Waals surface area contributed by atoms with E-state index in [1.807, 2.05) is 22.6 Å². The van der Waals surface area contributed by atoms with E-state index in [4.69, 9.17) is 0 Å². The van der Waals surface area contributed by atoms with Crippen LogP contribution in [0, 0.1) is 24.2 Å². The molecule has 3 aliphatic heterocycles. The van der Waals surface area contributed by atoms with Crippen LogP contribution in [0.3, 0.4) is 0 Å². The molecular formula is C21H25N5O. The van der Waals surface area contributed by atoms with Gasteiger partial charge < -0.3 is 9.47 Å².